The third kappa shape index (κ3) is 0.988. The first-order chi connectivity index (χ1) is 6.74. The summed E-state index contributed by atoms with van der Waals surface area (Å²) in [4.78, 5) is 11.6. The quantitative estimate of drug-likeness (QED) is 0.446. The number of rotatable bonds is 1. The van der Waals surface area contributed by atoms with Gasteiger partial charge in [0.15, 0.2) is 0 Å². The van der Waals surface area contributed by atoms with Crippen LogP contribution in [0.15, 0.2) is 0 Å². The summed E-state index contributed by atoms with van der Waals surface area (Å²) in [6, 6.07) is 0. The van der Waals surface area contributed by atoms with Gasteiger partial charge in [-0.3, -0.25) is 4.79 Å². The minimum absolute atomic E-state index is 0.00866. The van der Waals surface area contributed by atoms with Crippen molar-refractivity contribution in [2.45, 2.75) is 22.9 Å². The van der Waals surface area contributed by atoms with Crippen molar-refractivity contribution in [2.24, 2.45) is 23.7 Å². The third-order valence-electron chi connectivity index (χ3n) is 4.19. The molecule has 78 valence electrons. The number of aliphatic hydroxyl groups is 1. The van der Waals surface area contributed by atoms with E-state index in [-0.39, 0.29) is 30.5 Å². The van der Waals surface area contributed by atoms with Crippen LogP contribution in [-0.4, -0.2) is 27.7 Å². The van der Waals surface area contributed by atoms with E-state index in [1.54, 1.807) is 0 Å². The Hall–Kier alpha value is 0.160. The molecule has 0 spiro atoms. The van der Waals surface area contributed by atoms with E-state index in [4.69, 9.17) is 4.74 Å². The van der Waals surface area contributed by atoms with Gasteiger partial charge in [-0.2, -0.15) is 0 Å². The molecule has 5 rings (SSSR count). The average molecular weight is 308 g/mol. The van der Waals surface area contributed by atoms with Crippen LogP contribution < -0.4 is 0 Å². The van der Waals surface area contributed by atoms with Gasteiger partial charge in [0.1, 0.15) is 6.10 Å². The highest BCUT2D eigenvalue weighted by Gasteiger charge is 2.61. The lowest BCUT2D eigenvalue weighted by Gasteiger charge is -2.57. The molecule has 0 aromatic rings. The van der Waals surface area contributed by atoms with Crippen LogP contribution in [0.3, 0.4) is 0 Å². The van der Waals surface area contributed by atoms with Gasteiger partial charge in [-0.05, 0) is 18.8 Å². The lowest BCUT2D eigenvalue weighted by Crippen LogP contribution is -2.64. The molecular weight excluding hydrogens is 295 g/mol. The first-order valence-electron chi connectivity index (χ1n) is 5.19. The zero-order valence-corrected chi connectivity index (χ0v) is 9.88. The first-order valence-corrected chi connectivity index (χ1v) is 6.44. The number of halogens is 1. The van der Waals surface area contributed by atoms with Crippen LogP contribution >= 0.6 is 22.6 Å². The Balaban J connectivity index is 2.01. The van der Waals surface area contributed by atoms with Crippen molar-refractivity contribution in [3.05, 3.63) is 0 Å². The summed E-state index contributed by atoms with van der Waals surface area (Å²) < 4.78 is 5.89. The van der Waals surface area contributed by atoms with Crippen LogP contribution in [0.4, 0.5) is 0 Å². The summed E-state index contributed by atoms with van der Waals surface area (Å²) in [5.41, 5.74) is 0. The average Bonchev–Trinajstić information content (AvgIpc) is 2.20. The van der Waals surface area contributed by atoms with Gasteiger partial charge < -0.3 is 9.84 Å². The molecule has 4 unspecified atom stereocenters. The standard InChI is InChI=1S/C10H13IO3/c11-8-5-2-1-4-6(3-12)7(5)10(13)14-9(4)8/h4-9,12H,1-3H2/t4?,5?,6-,7?,8+,9?/m0/s1. The lowest BCUT2D eigenvalue weighted by molar-refractivity contribution is -0.205. The number of fused-ring (bicyclic) bond motifs is 2. The molecule has 6 atom stereocenters. The van der Waals surface area contributed by atoms with Gasteiger partial charge in [0.2, 0.25) is 0 Å². The van der Waals surface area contributed by atoms with E-state index in [9.17, 15) is 9.90 Å². The highest BCUT2D eigenvalue weighted by molar-refractivity contribution is 14.1. The number of ether oxygens (including phenoxy) is 1. The van der Waals surface area contributed by atoms with Crippen molar-refractivity contribution in [1.29, 1.82) is 0 Å². The maximum absolute atomic E-state index is 11.6. The Bertz CT molecular complexity index is 275. The maximum Gasteiger partial charge on any atom is 0.309 e. The first kappa shape index (κ1) is 9.39. The summed E-state index contributed by atoms with van der Waals surface area (Å²) in [6.07, 6.45) is 2.36. The molecule has 0 radical (unpaired) electrons. The smallest absolute Gasteiger partial charge is 0.309 e. The second-order valence-electron chi connectivity index (χ2n) is 4.62. The van der Waals surface area contributed by atoms with Crippen LogP contribution in [0.5, 0.6) is 0 Å². The number of hydrogen-bond acceptors (Lipinski definition) is 3. The molecule has 3 saturated carbocycles. The van der Waals surface area contributed by atoms with Gasteiger partial charge in [-0.25, -0.2) is 0 Å². The molecule has 2 saturated heterocycles. The van der Waals surface area contributed by atoms with Gasteiger partial charge in [-0.1, -0.05) is 22.6 Å². The second kappa shape index (κ2) is 3.07. The molecule has 0 aromatic heterocycles. The summed E-state index contributed by atoms with van der Waals surface area (Å²) in [5.74, 6) is 1.01. The number of aliphatic hydroxyl groups excluding tert-OH is 1. The molecular formula is C10H13IO3. The topological polar surface area (TPSA) is 46.5 Å². The van der Waals surface area contributed by atoms with E-state index < -0.39 is 0 Å². The van der Waals surface area contributed by atoms with Gasteiger partial charge >= 0.3 is 5.97 Å². The van der Waals surface area contributed by atoms with Crippen molar-refractivity contribution < 1.29 is 14.6 Å². The van der Waals surface area contributed by atoms with E-state index >= 15 is 0 Å². The summed E-state index contributed by atoms with van der Waals surface area (Å²) in [6.45, 7) is 0.154. The van der Waals surface area contributed by atoms with Crippen LogP contribution in [0.2, 0.25) is 0 Å². The predicted molar refractivity (Wildman–Crippen MR) is 58.0 cm³/mol. The Morgan fingerprint density at radius 1 is 1.43 bits per heavy atom. The Labute approximate surface area is 96.3 Å². The molecule has 4 bridgehead atoms. The molecule has 5 aliphatic rings. The molecule has 14 heavy (non-hydrogen) atoms. The normalized spacial score (nSPS) is 54.9. The Kier molecular flexibility index (Phi) is 2.06. The molecule has 5 fully saturated rings. The number of carbonyl (C=O) groups excluding carboxylic acids is 1. The predicted octanol–water partition coefficient (Wildman–Crippen LogP) is 0.980. The van der Waals surface area contributed by atoms with Crippen LogP contribution in [-0.2, 0) is 9.53 Å². The Morgan fingerprint density at radius 3 is 2.79 bits per heavy atom. The van der Waals surface area contributed by atoms with Crippen LogP contribution in [0, 0.1) is 23.7 Å². The number of alkyl halides is 1. The summed E-state index contributed by atoms with van der Waals surface area (Å²) >= 11 is 2.42. The maximum atomic E-state index is 11.6. The summed E-state index contributed by atoms with van der Waals surface area (Å²) in [7, 11) is 0. The zero-order chi connectivity index (χ0) is 9.87. The molecule has 2 aliphatic heterocycles. The molecule has 4 heteroatoms. The van der Waals surface area contributed by atoms with Gasteiger partial charge in [0, 0.05) is 18.4 Å². The molecule has 3 nitrogen and oxygen atoms in total. The van der Waals surface area contributed by atoms with Crippen molar-refractivity contribution in [1.82, 2.24) is 0 Å². The molecule has 1 N–H and O–H groups in total. The van der Waals surface area contributed by atoms with Crippen LogP contribution in [0.1, 0.15) is 12.8 Å². The van der Waals surface area contributed by atoms with E-state index in [1.807, 2.05) is 0 Å². The second-order valence-corrected chi connectivity index (χ2v) is 6.06. The van der Waals surface area contributed by atoms with E-state index in [0.717, 1.165) is 12.8 Å². The molecule has 3 aliphatic carbocycles. The van der Waals surface area contributed by atoms with E-state index in [2.05, 4.69) is 22.6 Å². The lowest BCUT2D eigenvalue weighted by atomic mass is 9.56. The Morgan fingerprint density at radius 2 is 2.14 bits per heavy atom. The van der Waals surface area contributed by atoms with Gasteiger partial charge in [0.05, 0.1) is 9.84 Å². The van der Waals surface area contributed by atoms with Crippen molar-refractivity contribution in [3.63, 3.8) is 0 Å². The zero-order valence-electron chi connectivity index (χ0n) is 7.73. The SMILES string of the molecule is O=C1OC2C3CCC(C1[C@H]3CO)[C@H]2I. The van der Waals surface area contributed by atoms with Gasteiger partial charge in [-0.15, -0.1) is 0 Å². The highest BCUT2D eigenvalue weighted by atomic mass is 127. The fourth-order valence-electron chi connectivity index (χ4n) is 3.57. The fourth-order valence-corrected chi connectivity index (χ4v) is 5.06. The fraction of sp³-hybridized carbons (Fsp3) is 0.900. The van der Waals surface area contributed by atoms with Gasteiger partial charge in [0.25, 0.3) is 0 Å². The van der Waals surface area contributed by atoms with Crippen LogP contribution in [0.25, 0.3) is 0 Å². The molecule has 0 aromatic carbocycles. The number of hydrogen-bond donors (Lipinski definition) is 1. The van der Waals surface area contributed by atoms with Crippen molar-refractivity contribution in [3.8, 4) is 0 Å². The van der Waals surface area contributed by atoms with E-state index in [0.29, 0.717) is 15.8 Å². The third-order valence-corrected chi connectivity index (χ3v) is 5.82. The van der Waals surface area contributed by atoms with Crippen molar-refractivity contribution >= 4 is 28.6 Å². The highest BCUT2D eigenvalue weighted by Crippen LogP contribution is 2.56. The summed E-state index contributed by atoms with van der Waals surface area (Å²) in [5, 5.41) is 9.33. The largest absolute Gasteiger partial charge is 0.461 e. The number of carbonyl (C=O) groups is 1. The van der Waals surface area contributed by atoms with E-state index in [1.165, 1.54) is 0 Å². The van der Waals surface area contributed by atoms with Crippen molar-refractivity contribution in [2.75, 3.05) is 6.61 Å². The minimum atomic E-state index is -0.0529. The minimum Gasteiger partial charge on any atom is -0.461 e. The molecule has 0 amide bonds. The number of esters is 1. The monoisotopic (exact) mass is 308 g/mol. The molecule has 2 heterocycles.